The zero-order chi connectivity index (χ0) is 18.9. The number of aromatic nitrogens is 1. The Labute approximate surface area is 162 Å². The Hall–Kier alpha value is -1.16. The molecule has 10 heteroatoms. The summed E-state index contributed by atoms with van der Waals surface area (Å²) in [5, 5.41) is 3.68. The predicted molar refractivity (Wildman–Crippen MR) is 103 cm³/mol. The number of nitrogens with one attached hydrogen (secondary N) is 1. The summed E-state index contributed by atoms with van der Waals surface area (Å²) in [4.78, 5) is 4.04. The average molecular weight is 435 g/mol. The van der Waals surface area contributed by atoms with Crippen molar-refractivity contribution in [3.05, 3.63) is 29.3 Å². The third-order valence-corrected chi connectivity index (χ3v) is 9.55. The second-order valence-electron chi connectivity index (χ2n) is 6.10. The molecule has 0 radical (unpaired) electrons. The quantitative estimate of drug-likeness (QED) is 0.743. The molecule has 0 saturated heterocycles. The second-order valence-corrected chi connectivity index (χ2v) is 11.9. The molecule has 1 saturated carbocycles. The molecule has 1 aromatic carbocycles. The van der Waals surface area contributed by atoms with Crippen molar-refractivity contribution < 1.29 is 16.8 Å². The van der Waals surface area contributed by atoms with Gasteiger partial charge in [0, 0.05) is 11.1 Å². The Morgan fingerprint density at radius 2 is 1.77 bits per heavy atom. The molecule has 6 nitrogen and oxygen atoms in total. The number of rotatable bonds is 6. The average Bonchev–Trinajstić information content (AvgIpc) is 3.26. The van der Waals surface area contributed by atoms with Crippen LogP contribution in [0.1, 0.15) is 32.6 Å². The van der Waals surface area contributed by atoms with Gasteiger partial charge in [-0.25, -0.2) is 21.8 Å². The molecular formula is C16H19ClN2O4S3. The van der Waals surface area contributed by atoms with Crippen LogP contribution < -0.4 is 5.32 Å². The van der Waals surface area contributed by atoms with Gasteiger partial charge in [-0.1, -0.05) is 42.7 Å². The fraction of sp³-hybridized carbons (Fsp3) is 0.438. The standard InChI is InChI=1S/C16H19ClN2O4S3/c1-2-25(20,21)16-19-15(14(24-16)18-12-5-3-4-6-12)26(22,23)13-9-7-11(17)8-10-13/h7-10,12,18H,2-6H2,1H3. The maximum atomic E-state index is 13.0. The van der Waals surface area contributed by atoms with Crippen LogP contribution in [0.25, 0.3) is 0 Å². The number of hydrogen-bond acceptors (Lipinski definition) is 7. The van der Waals surface area contributed by atoms with E-state index in [9.17, 15) is 16.8 Å². The first-order valence-electron chi connectivity index (χ1n) is 8.25. The van der Waals surface area contributed by atoms with Crippen molar-refractivity contribution in [2.24, 2.45) is 0 Å². The molecule has 0 unspecified atom stereocenters. The molecule has 0 spiro atoms. The molecule has 2 aromatic rings. The molecule has 3 rings (SSSR count). The number of hydrogen-bond donors (Lipinski definition) is 1. The van der Waals surface area contributed by atoms with Crippen molar-refractivity contribution in [3.63, 3.8) is 0 Å². The van der Waals surface area contributed by atoms with Crippen molar-refractivity contribution in [1.82, 2.24) is 4.98 Å². The van der Waals surface area contributed by atoms with Crippen molar-refractivity contribution >= 4 is 47.6 Å². The molecule has 1 aliphatic carbocycles. The van der Waals surface area contributed by atoms with Gasteiger partial charge in [0.15, 0.2) is 5.03 Å². The molecule has 1 fully saturated rings. The Morgan fingerprint density at radius 1 is 1.15 bits per heavy atom. The molecule has 1 aromatic heterocycles. The fourth-order valence-corrected chi connectivity index (χ4v) is 6.98. The number of anilines is 1. The molecule has 0 bridgehead atoms. The molecule has 1 aliphatic rings. The summed E-state index contributed by atoms with van der Waals surface area (Å²) in [6.07, 6.45) is 3.98. The van der Waals surface area contributed by atoms with E-state index in [0.717, 1.165) is 37.0 Å². The van der Waals surface area contributed by atoms with E-state index in [2.05, 4.69) is 10.3 Å². The maximum absolute atomic E-state index is 13.0. The smallest absolute Gasteiger partial charge is 0.226 e. The normalized spacial score (nSPS) is 16.1. The minimum Gasteiger partial charge on any atom is -0.372 e. The van der Waals surface area contributed by atoms with Crippen LogP contribution in [-0.4, -0.2) is 33.6 Å². The molecular weight excluding hydrogens is 416 g/mol. The highest BCUT2D eigenvalue weighted by Gasteiger charge is 2.31. The van der Waals surface area contributed by atoms with Gasteiger partial charge in [0.25, 0.3) is 0 Å². The van der Waals surface area contributed by atoms with Crippen LogP contribution in [-0.2, 0) is 19.7 Å². The third-order valence-electron chi connectivity index (χ3n) is 4.29. The molecule has 0 aliphatic heterocycles. The SMILES string of the molecule is CCS(=O)(=O)c1nc(S(=O)(=O)c2ccc(Cl)cc2)c(NC2CCCC2)s1. The predicted octanol–water partition coefficient (Wildman–Crippen LogP) is 3.78. The lowest BCUT2D eigenvalue weighted by Crippen LogP contribution is -2.16. The van der Waals surface area contributed by atoms with E-state index in [1.807, 2.05) is 0 Å². The maximum Gasteiger partial charge on any atom is 0.226 e. The molecule has 1 N–H and O–H groups in total. The first-order chi connectivity index (χ1) is 12.2. The van der Waals surface area contributed by atoms with Gasteiger partial charge in [-0.3, -0.25) is 0 Å². The van der Waals surface area contributed by atoms with Gasteiger partial charge in [0.05, 0.1) is 10.6 Å². The van der Waals surface area contributed by atoms with Gasteiger partial charge in [0.1, 0.15) is 5.00 Å². The Kier molecular flexibility index (Phi) is 5.62. The topological polar surface area (TPSA) is 93.2 Å². The second kappa shape index (κ2) is 7.46. The van der Waals surface area contributed by atoms with Gasteiger partial charge in [-0.15, -0.1) is 0 Å². The highest BCUT2D eigenvalue weighted by molar-refractivity contribution is 7.94. The van der Waals surface area contributed by atoms with Crippen LogP contribution in [0.5, 0.6) is 0 Å². The summed E-state index contributed by atoms with van der Waals surface area (Å²) in [6.45, 7) is 1.51. The lowest BCUT2D eigenvalue weighted by atomic mass is 10.2. The number of sulfone groups is 2. The van der Waals surface area contributed by atoms with Crippen LogP contribution in [0.15, 0.2) is 38.5 Å². The minimum atomic E-state index is -3.96. The molecule has 142 valence electrons. The van der Waals surface area contributed by atoms with Crippen LogP contribution in [0.3, 0.4) is 0 Å². The van der Waals surface area contributed by atoms with Crippen LogP contribution in [0.2, 0.25) is 5.02 Å². The highest BCUT2D eigenvalue weighted by atomic mass is 35.5. The van der Waals surface area contributed by atoms with Gasteiger partial charge < -0.3 is 5.32 Å². The van der Waals surface area contributed by atoms with E-state index >= 15 is 0 Å². The largest absolute Gasteiger partial charge is 0.372 e. The Bertz CT molecular complexity index is 993. The van der Waals surface area contributed by atoms with Gasteiger partial charge in [-0.2, -0.15) is 0 Å². The minimum absolute atomic E-state index is 0.0297. The Morgan fingerprint density at radius 3 is 2.35 bits per heavy atom. The van der Waals surface area contributed by atoms with Crippen molar-refractivity contribution in [2.45, 2.75) is 52.9 Å². The van der Waals surface area contributed by atoms with Crippen molar-refractivity contribution in [2.75, 3.05) is 11.1 Å². The molecule has 0 atom stereocenters. The highest BCUT2D eigenvalue weighted by Crippen LogP contribution is 2.37. The third kappa shape index (κ3) is 3.90. The van der Waals surface area contributed by atoms with Crippen molar-refractivity contribution in [1.29, 1.82) is 0 Å². The molecule has 0 amide bonds. The van der Waals surface area contributed by atoms with Gasteiger partial charge in [0.2, 0.25) is 24.0 Å². The van der Waals surface area contributed by atoms with Crippen molar-refractivity contribution in [3.8, 4) is 0 Å². The van der Waals surface area contributed by atoms with Gasteiger partial charge >= 0.3 is 0 Å². The van der Waals surface area contributed by atoms with Crippen LogP contribution in [0.4, 0.5) is 5.00 Å². The summed E-state index contributed by atoms with van der Waals surface area (Å²) in [7, 11) is -7.56. The monoisotopic (exact) mass is 434 g/mol. The summed E-state index contributed by atoms with van der Waals surface area (Å²) < 4.78 is 50.3. The van der Waals surface area contributed by atoms with Gasteiger partial charge in [-0.05, 0) is 37.1 Å². The number of halogens is 1. The lowest BCUT2D eigenvalue weighted by molar-refractivity contribution is 0.589. The summed E-state index contributed by atoms with van der Waals surface area (Å²) in [6, 6.07) is 5.88. The van der Waals surface area contributed by atoms with Crippen LogP contribution in [0, 0.1) is 0 Å². The number of nitrogens with zero attached hydrogens (tertiary/aromatic N) is 1. The van der Waals surface area contributed by atoms with E-state index in [1.54, 1.807) is 0 Å². The van der Waals surface area contributed by atoms with E-state index in [1.165, 1.54) is 31.2 Å². The summed E-state index contributed by atoms with van der Waals surface area (Å²) in [5.74, 6) is -0.135. The summed E-state index contributed by atoms with van der Waals surface area (Å²) >= 11 is 6.72. The van der Waals surface area contributed by atoms with Crippen LogP contribution >= 0.6 is 22.9 Å². The zero-order valence-corrected chi connectivity index (χ0v) is 17.3. The van der Waals surface area contributed by atoms with E-state index < -0.39 is 19.7 Å². The first-order valence-corrected chi connectivity index (χ1v) is 12.6. The number of benzene rings is 1. The summed E-state index contributed by atoms with van der Waals surface area (Å²) in [5.41, 5.74) is 0. The fourth-order valence-electron chi connectivity index (χ4n) is 2.80. The number of thiazole rings is 1. The Balaban J connectivity index is 2.09. The first kappa shape index (κ1) is 19.6. The lowest BCUT2D eigenvalue weighted by Gasteiger charge is -2.12. The molecule has 1 heterocycles. The molecule has 26 heavy (non-hydrogen) atoms. The zero-order valence-electron chi connectivity index (χ0n) is 14.1. The van der Waals surface area contributed by atoms with E-state index in [0.29, 0.717) is 10.0 Å². The van der Waals surface area contributed by atoms with E-state index in [4.69, 9.17) is 11.6 Å². The van der Waals surface area contributed by atoms with E-state index in [-0.39, 0.29) is 26.1 Å².